The van der Waals surface area contributed by atoms with E-state index in [0.29, 0.717) is 34.3 Å². The highest BCUT2D eigenvalue weighted by Crippen LogP contribution is 2.28. The fraction of sp³-hybridized carbons (Fsp3) is 0.355. The van der Waals surface area contributed by atoms with Crippen LogP contribution in [0.2, 0.25) is 10.0 Å². The Bertz CT molecular complexity index is 1470. The molecule has 41 heavy (non-hydrogen) atoms. The van der Waals surface area contributed by atoms with Gasteiger partial charge >= 0.3 is 0 Å². The minimum atomic E-state index is -4.13. The number of carbonyl (C=O) groups excluding carboxylic acids is 2. The highest BCUT2D eigenvalue weighted by molar-refractivity contribution is 7.92. The van der Waals surface area contributed by atoms with Crippen molar-refractivity contribution in [2.75, 3.05) is 17.4 Å². The van der Waals surface area contributed by atoms with Crippen LogP contribution >= 0.6 is 23.2 Å². The van der Waals surface area contributed by atoms with Crippen LogP contribution in [0, 0.1) is 13.8 Å². The van der Waals surface area contributed by atoms with Crippen molar-refractivity contribution in [1.29, 1.82) is 0 Å². The lowest BCUT2D eigenvalue weighted by Crippen LogP contribution is -2.52. The molecule has 10 heteroatoms. The molecule has 1 unspecified atom stereocenters. The molecule has 3 aromatic carbocycles. The summed E-state index contributed by atoms with van der Waals surface area (Å²) in [5.41, 5.74) is 2.82. The van der Waals surface area contributed by atoms with Crippen molar-refractivity contribution in [3.63, 3.8) is 0 Å². The van der Waals surface area contributed by atoms with E-state index in [2.05, 4.69) is 5.32 Å². The van der Waals surface area contributed by atoms with E-state index >= 15 is 0 Å². The monoisotopic (exact) mass is 617 g/mol. The van der Waals surface area contributed by atoms with Crippen LogP contribution in [0.25, 0.3) is 0 Å². The molecular formula is C31H37Cl2N3O4S. The molecule has 3 rings (SSSR count). The number of nitrogens with one attached hydrogen (secondary N) is 1. The summed E-state index contributed by atoms with van der Waals surface area (Å²) >= 11 is 12.6. The molecule has 0 aliphatic carbocycles. The quantitative estimate of drug-likeness (QED) is 0.221. The Morgan fingerprint density at radius 1 is 0.927 bits per heavy atom. The number of aryl methyl sites for hydroxylation is 2. The molecule has 0 aliphatic rings. The molecule has 0 spiro atoms. The number of sulfonamides is 1. The second kappa shape index (κ2) is 14.7. The van der Waals surface area contributed by atoms with Crippen LogP contribution in [0.4, 0.5) is 5.69 Å². The Morgan fingerprint density at radius 2 is 1.63 bits per heavy atom. The minimum absolute atomic E-state index is 0.000685. The summed E-state index contributed by atoms with van der Waals surface area (Å²) in [6, 6.07) is 17.3. The topological polar surface area (TPSA) is 86.8 Å². The average Bonchev–Trinajstić information content (AvgIpc) is 2.94. The third-order valence-electron chi connectivity index (χ3n) is 6.96. The number of hydrogen-bond donors (Lipinski definition) is 1. The Balaban J connectivity index is 2.07. The fourth-order valence-corrected chi connectivity index (χ4v) is 6.28. The van der Waals surface area contributed by atoms with E-state index in [9.17, 15) is 18.0 Å². The fourth-order valence-electron chi connectivity index (χ4n) is 4.39. The van der Waals surface area contributed by atoms with Crippen LogP contribution in [0.1, 0.15) is 49.8 Å². The Labute approximate surface area is 253 Å². The number of rotatable bonds is 13. The number of amides is 2. The van der Waals surface area contributed by atoms with Crippen molar-refractivity contribution in [1.82, 2.24) is 10.2 Å². The van der Waals surface area contributed by atoms with Crippen LogP contribution in [0.5, 0.6) is 0 Å². The SMILES string of the molecule is CCCCNC(=O)C(CC)N(Cc1ccc(Cl)cc1Cl)C(=O)CN(c1ccc(C)c(C)c1)S(=O)(=O)c1ccccc1. The van der Waals surface area contributed by atoms with Gasteiger partial charge in [-0.3, -0.25) is 13.9 Å². The smallest absolute Gasteiger partial charge is 0.264 e. The predicted molar refractivity (Wildman–Crippen MR) is 166 cm³/mol. The number of halogens is 2. The Morgan fingerprint density at radius 3 is 2.24 bits per heavy atom. The van der Waals surface area contributed by atoms with Crippen LogP contribution in [0.15, 0.2) is 71.6 Å². The zero-order valence-electron chi connectivity index (χ0n) is 23.9. The van der Waals surface area contributed by atoms with E-state index in [4.69, 9.17) is 23.2 Å². The van der Waals surface area contributed by atoms with Crippen molar-refractivity contribution in [2.24, 2.45) is 0 Å². The molecule has 0 bridgehead atoms. The molecule has 3 aromatic rings. The average molecular weight is 619 g/mol. The first-order chi connectivity index (χ1) is 19.5. The molecule has 0 aliphatic heterocycles. The maximum atomic E-state index is 14.1. The standard InChI is InChI=1S/C31H37Cl2N3O4S/c1-5-7-17-34-31(38)29(6-2)35(20-24-14-15-25(32)19-28(24)33)30(37)21-36(26-16-13-22(3)23(4)18-26)41(39,40)27-11-9-8-10-12-27/h8-16,18-19,29H,5-7,17,20-21H2,1-4H3,(H,34,38). The van der Waals surface area contributed by atoms with Gasteiger partial charge < -0.3 is 10.2 Å². The van der Waals surface area contributed by atoms with Crippen molar-refractivity contribution in [3.8, 4) is 0 Å². The third kappa shape index (κ3) is 8.24. The Hall–Kier alpha value is -3.07. The Kier molecular flexibility index (Phi) is 11.6. The molecule has 1 atom stereocenters. The van der Waals surface area contributed by atoms with Crippen LogP contribution in [-0.2, 0) is 26.2 Å². The molecule has 0 fully saturated rings. The zero-order valence-corrected chi connectivity index (χ0v) is 26.2. The lowest BCUT2D eigenvalue weighted by Gasteiger charge is -2.33. The third-order valence-corrected chi connectivity index (χ3v) is 9.33. The molecule has 0 saturated carbocycles. The lowest BCUT2D eigenvalue weighted by molar-refractivity contribution is -0.140. The van der Waals surface area contributed by atoms with Crippen molar-refractivity contribution < 1.29 is 18.0 Å². The summed E-state index contributed by atoms with van der Waals surface area (Å²) in [7, 11) is -4.13. The number of hydrogen-bond acceptors (Lipinski definition) is 4. The first-order valence-corrected chi connectivity index (χ1v) is 15.8. The molecule has 0 radical (unpaired) electrons. The lowest BCUT2D eigenvalue weighted by atomic mass is 10.1. The second-order valence-electron chi connectivity index (χ2n) is 9.92. The highest BCUT2D eigenvalue weighted by Gasteiger charge is 2.34. The molecule has 7 nitrogen and oxygen atoms in total. The number of anilines is 1. The van der Waals surface area contributed by atoms with Crippen LogP contribution in [0.3, 0.4) is 0 Å². The van der Waals surface area contributed by atoms with Gasteiger partial charge in [-0.1, -0.05) is 73.8 Å². The summed E-state index contributed by atoms with van der Waals surface area (Å²) in [6.07, 6.45) is 2.03. The van der Waals surface area contributed by atoms with E-state index in [1.807, 2.05) is 33.8 Å². The minimum Gasteiger partial charge on any atom is -0.354 e. The molecular weight excluding hydrogens is 581 g/mol. The molecule has 0 saturated heterocycles. The van der Waals surface area contributed by atoms with Gasteiger partial charge in [0.15, 0.2) is 0 Å². The van der Waals surface area contributed by atoms with Crippen LogP contribution in [-0.4, -0.2) is 44.3 Å². The van der Waals surface area contributed by atoms with E-state index < -0.39 is 28.5 Å². The maximum absolute atomic E-state index is 14.1. The predicted octanol–water partition coefficient (Wildman–Crippen LogP) is 6.53. The van der Waals surface area contributed by atoms with Crippen molar-refractivity contribution >= 4 is 50.7 Å². The maximum Gasteiger partial charge on any atom is 0.264 e. The van der Waals surface area contributed by atoms with Gasteiger partial charge in [0, 0.05) is 23.1 Å². The van der Waals surface area contributed by atoms with E-state index in [1.165, 1.54) is 17.0 Å². The zero-order chi connectivity index (χ0) is 30.2. The van der Waals surface area contributed by atoms with E-state index in [0.717, 1.165) is 28.3 Å². The molecule has 0 heterocycles. The van der Waals surface area contributed by atoms with E-state index in [-0.39, 0.29) is 17.3 Å². The number of unbranched alkanes of at least 4 members (excludes halogenated alkanes) is 1. The normalized spacial score (nSPS) is 12.0. The van der Waals surface area contributed by atoms with Gasteiger partial charge in [0.05, 0.1) is 10.6 Å². The summed E-state index contributed by atoms with van der Waals surface area (Å²) in [5, 5.41) is 3.70. The number of benzene rings is 3. The van der Waals surface area contributed by atoms with Crippen molar-refractivity contribution in [3.05, 3.63) is 93.5 Å². The first-order valence-electron chi connectivity index (χ1n) is 13.7. The second-order valence-corrected chi connectivity index (χ2v) is 12.6. The summed E-state index contributed by atoms with van der Waals surface area (Å²) in [6.45, 7) is 7.63. The molecule has 220 valence electrons. The van der Waals surface area contributed by atoms with Gasteiger partial charge in [-0.15, -0.1) is 0 Å². The van der Waals surface area contributed by atoms with Gasteiger partial charge in [0.1, 0.15) is 12.6 Å². The molecule has 2 amide bonds. The van der Waals surface area contributed by atoms with E-state index in [1.54, 1.807) is 48.5 Å². The van der Waals surface area contributed by atoms with Gasteiger partial charge in [-0.25, -0.2) is 8.42 Å². The molecule has 0 aromatic heterocycles. The van der Waals surface area contributed by atoms with Crippen LogP contribution < -0.4 is 9.62 Å². The van der Waals surface area contributed by atoms with Gasteiger partial charge in [-0.2, -0.15) is 0 Å². The highest BCUT2D eigenvalue weighted by atomic mass is 35.5. The summed E-state index contributed by atoms with van der Waals surface area (Å²) in [5.74, 6) is -0.839. The largest absolute Gasteiger partial charge is 0.354 e. The first kappa shape index (κ1) is 32.4. The molecule has 1 N–H and O–H groups in total. The van der Waals surface area contributed by atoms with Gasteiger partial charge in [-0.05, 0) is 79.8 Å². The van der Waals surface area contributed by atoms with Gasteiger partial charge in [0.2, 0.25) is 11.8 Å². The number of carbonyl (C=O) groups is 2. The van der Waals surface area contributed by atoms with Gasteiger partial charge in [0.25, 0.3) is 10.0 Å². The summed E-state index contributed by atoms with van der Waals surface area (Å²) < 4.78 is 29.0. The van der Waals surface area contributed by atoms with Crippen molar-refractivity contribution in [2.45, 2.75) is 64.4 Å². The summed E-state index contributed by atoms with van der Waals surface area (Å²) in [4.78, 5) is 28.9. The number of nitrogens with zero attached hydrogens (tertiary/aromatic N) is 2.